The van der Waals surface area contributed by atoms with Crippen LogP contribution in [0, 0.1) is 6.92 Å². The average Bonchev–Trinajstić information content (AvgIpc) is 3.14. The van der Waals surface area contributed by atoms with Gasteiger partial charge in [-0.1, -0.05) is 23.9 Å². The lowest BCUT2D eigenvalue weighted by Crippen LogP contribution is -2.05. The van der Waals surface area contributed by atoms with Gasteiger partial charge >= 0.3 is 0 Å². The van der Waals surface area contributed by atoms with Crippen LogP contribution in [0.4, 0.5) is 0 Å². The number of hydrogen-bond donors (Lipinski definition) is 0. The van der Waals surface area contributed by atoms with Crippen LogP contribution in [0.15, 0.2) is 60.0 Å². The zero-order valence-corrected chi connectivity index (χ0v) is 15.7. The molecule has 1 aromatic heterocycles. The van der Waals surface area contributed by atoms with Crippen molar-refractivity contribution in [1.29, 1.82) is 0 Å². The van der Waals surface area contributed by atoms with Crippen LogP contribution in [0.3, 0.4) is 0 Å². The summed E-state index contributed by atoms with van der Waals surface area (Å²) in [6.07, 6.45) is 3.64. The molecule has 0 saturated heterocycles. The fourth-order valence-electron chi connectivity index (χ4n) is 2.59. The first-order valence-corrected chi connectivity index (χ1v) is 9.09. The number of carbonyl (C=O) groups is 1. The molecule has 0 amide bonds. The van der Waals surface area contributed by atoms with Gasteiger partial charge in [-0.05, 0) is 42.8 Å². The minimum absolute atomic E-state index is 0.00902. The molecule has 3 aromatic rings. The highest BCUT2D eigenvalue weighted by molar-refractivity contribution is 7.99. The summed E-state index contributed by atoms with van der Waals surface area (Å²) >= 11 is 1.41. The lowest BCUT2D eigenvalue weighted by atomic mass is 10.1. The molecule has 5 nitrogen and oxygen atoms in total. The summed E-state index contributed by atoms with van der Waals surface area (Å²) in [7, 11) is 3.12. The maximum absolute atomic E-state index is 12.6. The monoisotopic (exact) mass is 368 g/mol. The van der Waals surface area contributed by atoms with Gasteiger partial charge in [0, 0.05) is 23.6 Å². The minimum Gasteiger partial charge on any atom is -0.493 e. The van der Waals surface area contributed by atoms with Gasteiger partial charge in [-0.15, -0.1) is 0 Å². The normalized spacial score (nSPS) is 10.6. The number of ketones is 1. The molecule has 0 unspecified atom stereocenters. The van der Waals surface area contributed by atoms with Crippen molar-refractivity contribution in [2.45, 2.75) is 12.1 Å². The zero-order chi connectivity index (χ0) is 18.5. The number of aryl methyl sites for hydroxylation is 1. The van der Waals surface area contributed by atoms with Crippen LogP contribution in [-0.4, -0.2) is 35.3 Å². The second-order valence-electron chi connectivity index (χ2n) is 5.70. The van der Waals surface area contributed by atoms with Gasteiger partial charge in [-0.2, -0.15) is 0 Å². The van der Waals surface area contributed by atoms with Crippen LogP contribution < -0.4 is 9.47 Å². The number of nitrogens with zero attached hydrogens (tertiary/aromatic N) is 2. The molecule has 0 spiro atoms. The Labute approximate surface area is 157 Å². The number of rotatable bonds is 7. The number of aromatic nitrogens is 2. The Bertz CT molecular complexity index is 921. The maximum atomic E-state index is 12.6. The van der Waals surface area contributed by atoms with Crippen LogP contribution >= 0.6 is 11.8 Å². The van der Waals surface area contributed by atoms with E-state index in [1.54, 1.807) is 38.6 Å². The van der Waals surface area contributed by atoms with Gasteiger partial charge in [-0.3, -0.25) is 9.36 Å². The topological polar surface area (TPSA) is 53.3 Å². The number of thioether (sulfide) groups is 1. The Balaban J connectivity index is 1.74. The first-order valence-electron chi connectivity index (χ1n) is 8.11. The summed E-state index contributed by atoms with van der Waals surface area (Å²) in [5.74, 6) is 1.45. The number of methoxy groups -OCH3 is 2. The number of carbonyl (C=O) groups excluding carboxylic acids is 1. The molecule has 0 bridgehead atoms. The van der Waals surface area contributed by atoms with Gasteiger partial charge in [0.1, 0.15) is 0 Å². The molecule has 0 aliphatic carbocycles. The van der Waals surface area contributed by atoms with Crippen molar-refractivity contribution in [2.24, 2.45) is 0 Å². The third-order valence-electron chi connectivity index (χ3n) is 3.92. The van der Waals surface area contributed by atoms with Crippen molar-refractivity contribution in [3.63, 3.8) is 0 Å². The van der Waals surface area contributed by atoms with Crippen LogP contribution in [-0.2, 0) is 0 Å². The Morgan fingerprint density at radius 2 is 1.92 bits per heavy atom. The van der Waals surface area contributed by atoms with E-state index in [2.05, 4.69) is 11.1 Å². The summed E-state index contributed by atoms with van der Waals surface area (Å²) in [6, 6.07) is 13.4. The van der Waals surface area contributed by atoms with Gasteiger partial charge in [0.25, 0.3) is 0 Å². The molecular formula is C20H20N2O3S. The Hall–Kier alpha value is -2.73. The van der Waals surface area contributed by atoms with Crippen molar-refractivity contribution in [3.8, 4) is 17.2 Å². The molecule has 3 rings (SSSR count). The van der Waals surface area contributed by atoms with Crippen molar-refractivity contribution in [3.05, 3.63) is 66.0 Å². The second-order valence-corrected chi connectivity index (χ2v) is 6.64. The number of benzene rings is 2. The van der Waals surface area contributed by atoms with E-state index in [0.717, 1.165) is 10.8 Å². The first-order chi connectivity index (χ1) is 12.6. The lowest BCUT2D eigenvalue weighted by Gasteiger charge is -2.10. The number of hydrogen-bond acceptors (Lipinski definition) is 5. The number of Topliss-reactive ketones (excluding diaryl/α,β-unsaturated/α-hetero) is 1. The van der Waals surface area contributed by atoms with Gasteiger partial charge < -0.3 is 9.47 Å². The molecule has 1 heterocycles. The maximum Gasteiger partial charge on any atom is 0.173 e. The van der Waals surface area contributed by atoms with E-state index in [9.17, 15) is 4.79 Å². The largest absolute Gasteiger partial charge is 0.493 e. The highest BCUT2D eigenvalue weighted by Gasteiger charge is 2.13. The Morgan fingerprint density at radius 3 is 2.65 bits per heavy atom. The summed E-state index contributed by atoms with van der Waals surface area (Å²) < 4.78 is 12.5. The van der Waals surface area contributed by atoms with E-state index in [0.29, 0.717) is 17.1 Å². The van der Waals surface area contributed by atoms with E-state index in [1.165, 1.54) is 17.3 Å². The SMILES string of the molecule is COc1ccc(C(=O)CSc2nccn2-c2cccc(C)c2)cc1OC. The smallest absolute Gasteiger partial charge is 0.173 e. The Kier molecular flexibility index (Phi) is 5.63. The van der Waals surface area contributed by atoms with E-state index in [1.807, 2.05) is 35.9 Å². The quantitative estimate of drug-likeness (QED) is 0.463. The van der Waals surface area contributed by atoms with Crippen LogP contribution in [0.2, 0.25) is 0 Å². The highest BCUT2D eigenvalue weighted by Crippen LogP contribution is 2.29. The van der Waals surface area contributed by atoms with Gasteiger partial charge in [0.15, 0.2) is 22.4 Å². The van der Waals surface area contributed by atoms with Crippen molar-refractivity contribution in [1.82, 2.24) is 9.55 Å². The van der Waals surface area contributed by atoms with Crippen molar-refractivity contribution in [2.75, 3.05) is 20.0 Å². The van der Waals surface area contributed by atoms with E-state index < -0.39 is 0 Å². The molecule has 0 aliphatic rings. The first kappa shape index (κ1) is 18.1. The summed E-state index contributed by atoms with van der Waals surface area (Å²) in [5, 5.41) is 0.782. The van der Waals surface area contributed by atoms with Gasteiger partial charge in [0.2, 0.25) is 0 Å². The fraction of sp³-hybridized carbons (Fsp3) is 0.200. The van der Waals surface area contributed by atoms with Crippen molar-refractivity contribution < 1.29 is 14.3 Å². The van der Waals surface area contributed by atoms with Crippen molar-refractivity contribution >= 4 is 17.5 Å². The highest BCUT2D eigenvalue weighted by atomic mass is 32.2. The molecular weight excluding hydrogens is 348 g/mol. The van der Waals surface area contributed by atoms with E-state index >= 15 is 0 Å². The summed E-state index contributed by atoms with van der Waals surface area (Å²) in [5.41, 5.74) is 2.79. The predicted molar refractivity (Wildman–Crippen MR) is 103 cm³/mol. The molecule has 0 atom stereocenters. The second kappa shape index (κ2) is 8.10. The molecule has 0 radical (unpaired) electrons. The number of imidazole rings is 1. The lowest BCUT2D eigenvalue weighted by molar-refractivity contribution is 0.102. The number of ether oxygens (including phenoxy) is 2. The predicted octanol–water partition coefficient (Wildman–Crippen LogP) is 4.17. The average molecular weight is 368 g/mol. The van der Waals surface area contributed by atoms with Gasteiger partial charge in [0.05, 0.1) is 20.0 Å². The van der Waals surface area contributed by atoms with Crippen LogP contribution in [0.1, 0.15) is 15.9 Å². The molecule has 26 heavy (non-hydrogen) atoms. The molecule has 134 valence electrons. The fourth-order valence-corrected chi connectivity index (χ4v) is 3.46. The van der Waals surface area contributed by atoms with Crippen LogP contribution in [0.25, 0.3) is 5.69 Å². The van der Waals surface area contributed by atoms with E-state index in [4.69, 9.17) is 9.47 Å². The summed E-state index contributed by atoms with van der Waals surface area (Å²) in [4.78, 5) is 16.9. The molecule has 6 heteroatoms. The molecule has 0 N–H and O–H groups in total. The van der Waals surface area contributed by atoms with Gasteiger partial charge in [-0.25, -0.2) is 4.98 Å². The molecule has 0 aliphatic heterocycles. The molecule has 0 fully saturated rings. The van der Waals surface area contributed by atoms with E-state index in [-0.39, 0.29) is 11.5 Å². The molecule has 0 saturated carbocycles. The third kappa shape index (κ3) is 3.91. The zero-order valence-electron chi connectivity index (χ0n) is 14.9. The standard InChI is InChI=1S/C20H20N2O3S/c1-14-5-4-6-16(11-14)22-10-9-21-20(22)26-13-17(23)15-7-8-18(24-2)19(12-15)25-3/h4-12H,13H2,1-3H3. The molecule has 2 aromatic carbocycles. The van der Waals surface area contributed by atoms with Crippen LogP contribution in [0.5, 0.6) is 11.5 Å². The summed E-state index contributed by atoms with van der Waals surface area (Å²) in [6.45, 7) is 2.05. The third-order valence-corrected chi connectivity index (χ3v) is 4.89. The Morgan fingerprint density at radius 1 is 1.12 bits per heavy atom. The minimum atomic E-state index is 0.00902.